The summed E-state index contributed by atoms with van der Waals surface area (Å²) in [5, 5.41) is 0.424. The Labute approximate surface area is 114 Å². The van der Waals surface area contributed by atoms with E-state index in [1.165, 1.54) is 12.1 Å². The average molecular weight is 328 g/mol. The van der Waals surface area contributed by atoms with E-state index in [9.17, 15) is 8.42 Å². The van der Waals surface area contributed by atoms with Gasteiger partial charge in [0.15, 0.2) is 5.75 Å². The highest BCUT2D eigenvalue weighted by Crippen LogP contribution is 2.22. The topological polar surface area (TPSA) is 56.3 Å². The lowest BCUT2D eigenvalue weighted by Crippen LogP contribution is -2.11. The molecular weight excluding hydrogens is 318 g/mol. The zero-order valence-corrected chi connectivity index (χ0v) is 11.7. The third-order valence-corrected chi connectivity index (χ3v) is 3.99. The van der Waals surface area contributed by atoms with E-state index < -0.39 is 10.1 Å². The molecule has 0 saturated heterocycles. The van der Waals surface area contributed by atoms with Gasteiger partial charge in [-0.05, 0) is 24.3 Å². The Morgan fingerprint density at radius 3 is 2.50 bits per heavy atom. The quantitative estimate of drug-likeness (QED) is 0.640. The van der Waals surface area contributed by atoms with Crippen molar-refractivity contribution in [2.75, 3.05) is 0 Å². The van der Waals surface area contributed by atoms with E-state index in [4.69, 9.17) is 4.18 Å². The molecule has 1 heterocycles. The third kappa shape index (κ3) is 2.88. The second-order valence-electron chi connectivity index (χ2n) is 3.43. The number of benzene rings is 1. The van der Waals surface area contributed by atoms with Crippen molar-refractivity contribution < 1.29 is 12.6 Å². The molecule has 0 spiro atoms. The van der Waals surface area contributed by atoms with Crippen LogP contribution in [-0.4, -0.2) is 13.4 Å². The first-order valence-corrected chi connectivity index (χ1v) is 7.66. The lowest BCUT2D eigenvalue weighted by Gasteiger charge is -2.08. The second kappa shape index (κ2) is 5.49. The summed E-state index contributed by atoms with van der Waals surface area (Å²) in [6, 6.07) is 11.2. The number of rotatable bonds is 4. The number of nitrogens with zero attached hydrogens (tertiary/aromatic N) is 1. The van der Waals surface area contributed by atoms with Gasteiger partial charge in [-0.2, -0.15) is 8.42 Å². The number of alkyl halides is 1. The van der Waals surface area contributed by atoms with E-state index >= 15 is 0 Å². The first-order chi connectivity index (χ1) is 8.63. The average Bonchev–Trinajstić information content (AvgIpc) is 2.40. The maximum atomic E-state index is 12.0. The molecule has 1 aromatic carbocycles. The zero-order chi connectivity index (χ0) is 13.0. The van der Waals surface area contributed by atoms with Crippen LogP contribution in [-0.2, 0) is 15.4 Å². The molecule has 0 atom stereocenters. The highest BCUT2D eigenvalue weighted by Gasteiger charge is 2.17. The summed E-state index contributed by atoms with van der Waals surface area (Å²) in [5.74, 6) is 0.234. The van der Waals surface area contributed by atoms with Gasteiger partial charge in [-0.15, -0.1) is 0 Å². The predicted octanol–water partition coefficient (Wildman–Crippen LogP) is 2.74. The van der Waals surface area contributed by atoms with E-state index in [2.05, 4.69) is 20.9 Å². The molecule has 2 rings (SSSR count). The van der Waals surface area contributed by atoms with Crippen LogP contribution in [0.2, 0.25) is 0 Å². The molecular formula is C12H10BrNO3S. The SMILES string of the molecule is O=S(=O)(Oc1cccnc1CBr)c1ccccc1. The lowest BCUT2D eigenvalue weighted by molar-refractivity contribution is 0.482. The fourth-order valence-corrected chi connectivity index (χ4v) is 2.75. The van der Waals surface area contributed by atoms with Crippen molar-refractivity contribution in [3.63, 3.8) is 0 Å². The van der Waals surface area contributed by atoms with E-state index in [0.29, 0.717) is 11.0 Å². The number of halogens is 1. The third-order valence-electron chi connectivity index (χ3n) is 2.21. The van der Waals surface area contributed by atoms with E-state index in [1.807, 2.05) is 0 Å². The van der Waals surface area contributed by atoms with Gasteiger partial charge >= 0.3 is 10.1 Å². The number of aromatic nitrogens is 1. The minimum Gasteiger partial charge on any atom is -0.377 e. The molecule has 18 heavy (non-hydrogen) atoms. The minimum atomic E-state index is -3.81. The fourth-order valence-electron chi connectivity index (χ4n) is 1.35. The molecule has 6 heteroatoms. The number of pyridine rings is 1. The van der Waals surface area contributed by atoms with Gasteiger partial charge in [0.05, 0.1) is 5.69 Å². The highest BCUT2D eigenvalue weighted by molar-refractivity contribution is 9.08. The van der Waals surface area contributed by atoms with Gasteiger partial charge in [0.2, 0.25) is 0 Å². The number of hydrogen-bond donors (Lipinski definition) is 0. The van der Waals surface area contributed by atoms with Crippen molar-refractivity contribution in [2.45, 2.75) is 10.2 Å². The molecule has 94 valence electrons. The molecule has 0 bridgehead atoms. The molecule has 0 N–H and O–H groups in total. The van der Waals surface area contributed by atoms with E-state index in [-0.39, 0.29) is 10.6 Å². The lowest BCUT2D eigenvalue weighted by atomic mass is 10.3. The molecule has 0 aliphatic rings. The van der Waals surface area contributed by atoms with Crippen molar-refractivity contribution >= 4 is 26.0 Å². The molecule has 0 amide bonds. The van der Waals surface area contributed by atoms with Crippen LogP contribution in [0.4, 0.5) is 0 Å². The fraction of sp³-hybridized carbons (Fsp3) is 0.0833. The zero-order valence-electron chi connectivity index (χ0n) is 9.28. The molecule has 0 saturated carbocycles. The van der Waals surface area contributed by atoms with Gasteiger partial charge in [-0.1, -0.05) is 34.1 Å². The van der Waals surface area contributed by atoms with Crippen LogP contribution in [0.5, 0.6) is 5.75 Å². The first-order valence-electron chi connectivity index (χ1n) is 5.13. The van der Waals surface area contributed by atoms with Crippen LogP contribution in [0.1, 0.15) is 5.69 Å². The Morgan fingerprint density at radius 1 is 1.11 bits per heavy atom. The maximum Gasteiger partial charge on any atom is 0.339 e. The van der Waals surface area contributed by atoms with Crippen LogP contribution >= 0.6 is 15.9 Å². The maximum absolute atomic E-state index is 12.0. The number of hydrogen-bond acceptors (Lipinski definition) is 4. The standard InChI is InChI=1S/C12H10BrNO3S/c13-9-11-12(7-4-8-14-11)17-18(15,16)10-5-2-1-3-6-10/h1-8H,9H2. The second-order valence-corrected chi connectivity index (χ2v) is 5.54. The summed E-state index contributed by atoms with van der Waals surface area (Å²) >= 11 is 3.23. The van der Waals surface area contributed by atoms with Crippen molar-refractivity contribution in [2.24, 2.45) is 0 Å². The Balaban J connectivity index is 2.34. The molecule has 0 aliphatic carbocycles. The van der Waals surface area contributed by atoms with Crippen molar-refractivity contribution in [3.8, 4) is 5.75 Å². The van der Waals surface area contributed by atoms with Gasteiger partial charge in [0.25, 0.3) is 0 Å². The Bertz CT molecular complexity index is 629. The molecule has 0 aliphatic heterocycles. The summed E-state index contributed by atoms with van der Waals surface area (Å²) in [7, 11) is -3.81. The van der Waals surface area contributed by atoms with Crippen LogP contribution in [0.25, 0.3) is 0 Å². The van der Waals surface area contributed by atoms with Gasteiger partial charge < -0.3 is 4.18 Å². The van der Waals surface area contributed by atoms with Crippen LogP contribution in [0, 0.1) is 0 Å². The molecule has 0 unspecified atom stereocenters. The monoisotopic (exact) mass is 327 g/mol. The normalized spacial score (nSPS) is 11.2. The first kappa shape index (κ1) is 13.0. The molecule has 0 fully saturated rings. The van der Waals surface area contributed by atoms with Crippen molar-refractivity contribution in [1.82, 2.24) is 4.98 Å². The van der Waals surface area contributed by atoms with Crippen molar-refractivity contribution in [1.29, 1.82) is 0 Å². The van der Waals surface area contributed by atoms with Gasteiger partial charge in [-0.25, -0.2) is 0 Å². The van der Waals surface area contributed by atoms with Crippen molar-refractivity contribution in [3.05, 3.63) is 54.4 Å². The van der Waals surface area contributed by atoms with Gasteiger partial charge in [0.1, 0.15) is 4.90 Å². The molecule has 2 aromatic rings. The van der Waals surface area contributed by atoms with E-state index in [0.717, 1.165) is 0 Å². The Kier molecular flexibility index (Phi) is 3.98. The summed E-state index contributed by atoms with van der Waals surface area (Å²) < 4.78 is 29.1. The minimum absolute atomic E-state index is 0.120. The van der Waals surface area contributed by atoms with Crippen LogP contribution in [0.3, 0.4) is 0 Å². The summed E-state index contributed by atoms with van der Waals surface area (Å²) in [5.41, 5.74) is 0.539. The molecule has 4 nitrogen and oxygen atoms in total. The molecule has 0 radical (unpaired) electrons. The smallest absolute Gasteiger partial charge is 0.339 e. The Morgan fingerprint density at radius 2 is 1.83 bits per heavy atom. The predicted molar refractivity (Wildman–Crippen MR) is 71.1 cm³/mol. The molecule has 1 aromatic heterocycles. The Hall–Kier alpha value is -1.40. The van der Waals surface area contributed by atoms with Gasteiger partial charge in [-0.3, -0.25) is 4.98 Å². The van der Waals surface area contributed by atoms with Gasteiger partial charge in [0, 0.05) is 11.5 Å². The highest BCUT2D eigenvalue weighted by atomic mass is 79.9. The summed E-state index contributed by atoms with van der Waals surface area (Å²) in [6.07, 6.45) is 1.58. The van der Waals surface area contributed by atoms with Crippen LogP contribution in [0.15, 0.2) is 53.6 Å². The summed E-state index contributed by atoms with van der Waals surface area (Å²) in [4.78, 5) is 4.16. The van der Waals surface area contributed by atoms with E-state index in [1.54, 1.807) is 36.5 Å². The summed E-state index contributed by atoms with van der Waals surface area (Å²) in [6.45, 7) is 0. The van der Waals surface area contributed by atoms with Crippen LogP contribution < -0.4 is 4.18 Å². The largest absolute Gasteiger partial charge is 0.377 e.